The van der Waals surface area contributed by atoms with Gasteiger partial charge in [-0.3, -0.25) is 9.59 Å². The van der Waals surface area contributed by atoms with Crippen LogP contribution in [0.3, 0.4) is 0 Å². The second kappa shape index (κ2) is 8.81. The molecule has 2 aliphatic rings. The van der Waals surface area contributed by atoms with Gasteiger partial charge in [0, 0.05) is 31.9 Å². The molecule has 1 atom stereocenters. The first kappa shape index (κ1) is 20.4. The van der Waals surface area contributed by atoms with Crippen molar-refractivity contribution in [3.63, 3.8) is 0 Å². The number of benzene rings is 1. The molecule has 6 nitrogen and oxygen atoms in total. The van der Waals surface area contributed by atoms with Crippen molar-refractivity contribution in [2.45, 2.75) is 31.5 Å². The molecule has 2 aliphatic heterocycles. The number of hydrogen-bond donors (Lipinski definition) is 1. The number of morpholine rings is 1. The van der Waals surface area contributed by atoms with E-state index in [0.717, 1.165) is 24.3 Å². The number of nitrogens with one attached hydrogen (secondary N) is 1. The fourth-order valence-corrected chi connectivity index (χ4v) is 3.59. The van der Waals surface area contributed by atoms with E-state index in [2.05, 4.69) is 10.2 Å². The van der Waals surface area contributed by atoms with Crippen molar-refractivity contribution in [1.82, 2.24) is 10.2 Å². The van der Waals surface area contributed by atoms with Gasteiger partial charge in [0.25, 0.3) is 0 Å². The molecular formula is C19H24F3N3O3. The monoisotopic (exact) mass is 399 g/mol. The first-order valence-corrected chi connectivity index (χ1v) is 9.43. The molecule has 0 radical (unpaired) electrons. The molecule has 1 aromatic carbocycles. The van der Waals surface area contributed by atoms with E-state index in [-0.39, 0.29) is 13.0 Å². The topological polar surface area (TPSA) is 61.9 Å². The molecule has 0 bridgehead atoms. The molecule has 2 fully saturated rings. The largest absolute Gasteiger partial charge is 0.471 e. The third-order valence-electron chi connectivity index (χ3n) is 5.08. The summed E-state index contributed by atoms with van der Waals surface area (Å²) >= 11 is 0. The first-order valence-electron chi connectivity index (χ1n) is 9.43. The smallest absolute Gasteiger partial charge is 0.378 e. The van der Waals surface area contributed by atoms with Crippen LogP contribution in [0, 0.1) is 0 Å². The van der Waals surface area contributed by atoms with Gasteiger partial charge in [-0.1, -0.05) is 12.1 Å². The number of nitrogens with zero attached hydrogens (tertiary/aromatic N) is 2. The maximum Gasteiger partial charge on any atom is 0.471 e. The van der Waals surface area contributed by atoms with E-state index in [1.165, 1.54) is 0 Å². The summed E-state index contributed by atoms with van der Waals surface area (Å²) < 4.78 is 43.3. The lowest BCUT2D eigenvalue weighted by atomic mass is 10.1. The molecule has 154 valence electrons. The number of anilines is 1. The summed E-state index contributed by atoms with van der Waals surface area (Å²) in [6.45, 7) is 3.39. The van der Waals surface area contributed by atoms with Crippen molar-refractivity contribution in [2.24, 2.45) is 0 Å². The van der Waals surface area contributed by atoms with Gasteiger partial charge in [0.15, 0.2) is 0 Å². The minimum Gasteiger partial charge on any atom is -0.378 e. The number of rotatable bonds is 5. The van der Waals surface area contributed by atoms with Gasteiger partial charge < -0.3 is 19.9 Å². The average Bonchev–Trinajstić information content (AvgIpc) is 3.17. The Morgan fingerprint density at radius 2 is 1.79 bits per heavy atom. The van der Waals surface area contributed by atoms with Crippen molar-refractivity contribution in [3.8, 4) is 0 Å². The van der Waals surface area contributed by atoms with Gasteiger partial charge in [-0.25, -0.2) is 0 Å². The first-order chi connectivity index (χ1) is 13.4. The summed E-state index contributed by atoms with van der Waals surface area (Å²) in [7, 11) is 0. The quantitative estimate of drug-likeness (QED) is 0.819. The van der Waals surface area contributed by atoms with Crippen molar-refractivity contribution >= 4 is 17.5 Å². The highest BCUT2D eigenvalue weighted by atomic mass is 19.4. The third-order valence-corrected chi connectivity index (χ3v) is 5.08. The van der Waals surface area contributed by atoms with E-state index in [0.29, 0.717) is 37.5 Å². The van der Waals surface area contributed by atoms with Crippen molar-refractivity contribution in [3.05, 3.63) is 29.8 Å². The van der Waals surface area contributed by atoms with E-state index < -0.39 is 24.0 Å². The Morgan fingerprint density at radius 1 is 1.11 bits per heavy atom. The van der Waals surface area contributed by atoms with Gasteiger partial charge >= 0.3 is 12.1 Å². The highest BCUT2D eigenvalue weighted by Gasteiger charge is 2.47. The van der Waals surface area contributed by atoms with E-state index >= 15 is 0 Å². The van der Waals surface area contributed by atoms with Crippen LogP contribution >= 0.6 is 0 Å². The van der Waals surface area contributed by atoms with E-state index in [9.17, 15) is 22.8 Å². The number of alkyl halides is 3. The molecule has 28 heavy (non-hydrogen) atoms. The number of halogens is 3. The summed E-state index contributed by atoms with van der Waals surface area (Å²) in [5.74, 6) is -2.47. The third kappa shape index (κ3) is 4.95. The Hall–Kier alpha value is -2.29. The van der Waals surface area contributed by atoms with Gasteiger partial charge in [-0.15, -0.1) is 0 Å². The predicted octanol–water partition coefficient (Wildman–Crippen LogP) is 1.74. The SMILES string of the molecule is O=C(NCCc1ccc(N2CCOCC2)cc1)C1CCCN1C(=O)C(F)(F)F. The van der Waals surface area contributed by atoms with E-state index in [4.69, 9.17) is 4.74 Å². The van der Waals surface area contributed by atoms with Crippen LogP contribution in [-0.4, -0.2) is 68.3 Å². The van der Waals surface area contributed by atoms with Crippen LogP contribution in [0.15, 0.2) is 24.3 Å². The lowest BCUT2D eigenvalue weighted by molar-refractivity contribution is -0.186. The normalized spacial score (nSPS) is 20.3. The summed E-state index contributed by atoms with van der Waals surface area (Å²) in [5.41, 5.74) is 2.13. The molecule has 1 unspecified atom stereocenters. The molecule has 2 amide bonds. The molecule has 2 heterocycles. The summed E-state index contributed by atoms with van der Waals surface area (Å²) in [5, 5.41) is 2.66. The molecule has 1 N–H and O–H groups in total. The zero-order valence-corrected chi connectivity index (χ0v) is 15.5. The second-order valence-corrected chi connectivity index (χ2v) is 6.96. The van der Waals surface area contributed by atoms with Crippen molar-refractivity contribution < 1.29 is 27.5 Å². The number of amides is 2. The summed E-state index contributed by atoms with van der Waals surface area (Å²) in [6, 6.07) is 6.95. The van der Waals surface area contributed by atoms with Crippen LogP contribution in [0.25, 0.3) is 0 Å². The Morgan fingerprint density at radius 3 is 2.43 bits per heavy atom. The average molecular weight is 399 g/mol. The van der Waals surface area contributed by atoms with Crippen LogP contribution < -0.4 is 10.2 Å². The van der Waals surface area contributed by atoms with Crippen molar-refractivity contribution in [2.75, 3.05) is 44.3 Å². The van der Waals surface area contributed by atoms with Crippen LogP contribution in [0.5, 0.6) is 0 Å². The Bertz CT molecular complexity index is 688. The second-order valence-electron chi connectivity index (χ2n) is 6.96. The zero-order valence-electron chi connectivity index (χ0n) is 15.5. The lowest BCUT2D eigenvalue weighted by Crippen LogP contribution is -2.50. The standard InChI is InChI=1S/C19H24F3N3O3/c20-19(21,22)18(27)25-9-1-2-16(25)17(26)23-8-7-14-3-5-15(6-4-14)24-10-12-28-13-11-24/h3-6,16H,1-2,7-13H2,(H,23,26). The lowest BCUT2D eigenvalue weighted by Gasteiger charge is -2.29. The number of carbonyl (C=O) groups excluding carboxylic acids is 2. The van der Waals surface area contributed by atoms with Gasteiger partial charge in [0.05, 0.1) is 13.2 Å². The molecule has 1 aromatic rings. The van der Waals surface area contributed by atoms with Crippen LogP contribution in [0.4, 0.5) is 18.9 Å². The van der Waals surface area contributed by atoms with Crippen molar-refractivity contribution in [1.29, 1.82) is 0 Å². The fourth-order valence-electron chi connectivity index (χ4n) is 3.59. The molecule has 9 heteroatoms. The number of likely N-dealkylation sites (tertiary alicyclic amines) is 1. The molecule has 0 aliphatic carbocycles. The Balaban J connectivity index is 1.47. The molecule has 0 aromatic heterocycles. The number of ether oxygens (including phenoxy) is 1. The van der Waals surface area contributed by atoms with Gasteiger partial charge in [-0.05, 0) is 37.0 Å². The molecule has 0 saturated carbocycles. The minimum absolute atomic E-state index is 0.0422. The van der Waals surface area contributed by atoms with Crippen LogP contribution in [-0.2, 0) is 20.7 Å². The summed E-state index contributed by atoms with van der Waals surface area (Å²) in [6.07, 6.45) is -3.75. The predicted molar refractivity (Wildman–Crippen MR) is 97.0 cm³/mol. The maximum atomic E-state index is 12.6. The highest BCUT2D eigenvalue weighted by molar-refractivity contribution is 5.90. The fraction of sp³-hybridized carbons (Fsp3) is 0.579. The maximum absolute atomic E-state index is 12.6. The Labute approximate surface area is 161 Å². The zero-order chi connectivity index (χ0) is 20.1. The Kier molecular flexibility index (Phi) is 6.43. The van der Waals surface area contributed by atoms with Crippen LogP contribution in [0.1, 0.15) is 18.4 Å². The van der Waals surface area contributed by atoms with E-state index in [1.807, 2.05) is 24.3 Å². The van der Waals surface area contributed by atoms with Gasteiger partial charge in [0.1, 0.15) is 6.04 Å². The highest BCUT2D eigenvalue weighted by Crippen LogP contribution is 2.25. The number of carbonyl (C=O) groups is 2. The van der Waals surface area contributed by atoms with Crippen LogP contribution in [0.2, 0.25) is 0 Å². The minimum atomic E-state index is -4.95. The molecule has 0 spiro atoms. The molecule has 2 saturated heterocycles. The van der Waals surface area contributed by atoms with E-state index in [1.54, 1.807) is 0 Å². The van der Waals surface area contributed by atoms with Gasteiger partial charge in [-0.2, -0.15) is 13.2 Å². The molecule has 3 rings (SSSR count). The molecular weight excluding hydrogens is 375 g/mol. The summed E-state index contributed by atoms with van der Waals surface area (Å²) in [4.78, 5) is 26.6. The number of hydrogen-bond acceptors (Lipinski definition) is 4. The van der Waals surface area contributed by atoms with Gasteiger partial charge in [0.2, 0.25) is 5.91 Å².